The van der Waals surface area contributed by atoms with E-state index < -0.39 is 12.4 Å². The van der Waals surface area contributed by atoms with Crippen LogP contribution in [0.25, 0.3) is 0 Å². The number of ether oxygens (including phenoxy) is 2. The van der Waals surface area contributed by atoms with Gasteiger partial charge in [0.05, 0.1) is 0 Å². The first-order chi connectivity index (χ1) is 3.83. The fourth-order valence-corrected chi connectivity index (χ4v) is 0.253. The highest BCUT2D eigenvalue weighted by atomic mass is 16.8. The molecule has 1 rings (SSSR count). The van der Waals surface area contributed by atoms with E-state index in [0.717, 1.165) is 0 Å². The van der Waals surface area contributed by atoms with E-state index in [1.807, 2.05) is 0 Å². The number of epoxide rings is 1. The maximum Gasteiger partial charge on any atom is 0.433 e. The summed E-state index contributed by atoms with van der Waals surface area (Å²) in [4.78, 5) is 10.00. The van der Waals surface area contributed by atoms with Crippen LogP contribution in [0.3, 0.4) is 0 Å². The van der Waals surface area contributed by atoms with Crippen molar-refractivity contribution in [2.24, 2.45) is 0 Å². The molecular weight excluding hydrogens is 114 g/mol. The molecule has 0 saturated carbocycles. The Morgan fingerprint density at radius 1 is 2.00 bits per heavy atom. The van der Waals surface area contributed by atoms with Crippen LogP contribution in [0.15, 0.2) is 0 Å². The molecule has 0 spiro atoms. The monoisotopic (exact) mass is 119 g/mol. The van der Waals surface area contributed by atoms with E-state index in [0.29, 0.717) is 6.61 Å². The summed E-state index contributed by atoms with van der Waals surface area (Å²) in [5.74, 6) is 0. The largest absolute Gasteiger partial charge is 0.433 e. The van der Waals surface area contributed by atoms with Crippen LogP contribution in [0.4, 0.5) is 4.79 Å². The maximum atomic E-state index is 10.00. The van der Waals surface area contributed by atoms with Gasteiger partial charge < -0.3 is 9.47 Å². The Kier molecular flexibility index (Phi) is 1.32. The van der Waals surface area contributed by atoms with Crippen LogP contribution in [0, 0.1) is 0 Å². The van der Waals surface area contributed by atoms with Gasteiger partial charge in [-0.3, -0.25) is 5.21 Å². The van der Waals surface area contributed by atoms with Crippen molar-refractivity contribution in [3.05, 3.63) is 0 Å². The molecule has 0 aromatic heterocycles. The first-order valence-electron chi connectivity index (χ1n) is 2.05. The van der Waals surface area contributed by atoms with Crippen LogP contribution in [-0.2, 0) is 9.47 Å². The lowest BCUT2D eigenvalue weighted by molar-refractivity contribution is 0.0545. The second-order valence-corrected chi connectivity index (χ2v) is 1.28. The molecule has 5 heteroatoms. The quantitative estimate of drug-likeness (QED) is 0.276. The van der Waals surface area contributed by atoms with E-state index in [-0.39, 0.29) is 0 Å². The van der Waals surface area contributed by atoms with Gasteiger partial charge in [-0.05, 0) is 0 Å². The van der Waals surface area contributed by atoms with E-state index >= 15 is 0 Å². The summed E-state index contributed by atoms with van der Waals surface area (Å²) >= 11 is 0. The average Bonchev–Trinajstić information content (AvgIpc) is 2.50. The van der Waals surface area contributed by atoms with Crippen LogP contribution < -0.4 is 5.48 Å². The molecule has 1 fully saturated rings. The van der Waals surface area contributed by atoms with E-state index in [4.69, 9.17) is 5.21 Å². The minimum Gasteiger partial charge on any atom is -0.416 e. The van der Waals surface area contributed by atoms with Crippen LogP contribution in [0.5, 0.6) is 0 Å². The maximum absolute atomic E-state index is 10.00. The minimum atomic E-state index is -0.882. The van der Waals surface area contributed by atoms with Gasteiger partial charge >= 0.3 is 6.09 Å². The zero-order chi connectivity index (χ0) is 5.98. The lowest BCUT2D eigenvalue weighted by Gasteiger charge is -1.94. The molecule has 0 aromatic carbocycles. The van der Waals surface area contributed by atoms with Crippen molar-refractivity contribution in [3.63, 3.8) is 0 Å². The Morgan fingerprint density at radius 3 is 3.00 bits per heavy atom. The predicted molar refractivity (Wildman–Crippen MR) is 21.1 cm³/mol. The molecule has 1 amide bonds. The molecule has 0 radical (unpaired) electrons. The first kappa shape index (κ1) is 5.33. The Morgan fingerprint density at radius 2 is 2.62 bits per heavy atom. The number of hydrogen-bond acceptors (Lipinski definition) is 4. The molecule has 5 nitrogen and oxygen atoms in total. The third-order valence-electron chi connectivity index (χ3n) is 0.633. The van der Waals surface area contributed by atoms with E-state index in [1.165, 1.54) is 5.48 Å². The number of nitrogens with one attached hydrogen (secondary N) is 1. The lowest BCUT2D eigenvalue weighted by atomic mass is 10.9. The van der Waals surface area contributed by atoms with Crippen molar-refractivity contribution >= 4 is 6.09 Å². The van der Waals surface area contributed by atoms with Gasteiger partial charge in [0.25, 0.3) is 0 Å². The number of hydrogen-bond donors (Lipinski definition) is 2. The molecule has 1 saturated heterocycles. The molecule has 1 aliphatic heterocycles. The van der Waals surface area contributed by atoms with Crippen molar-refractivity contribution in [3.8, 4) is 0 Å². The number of amides is 1. The molecule has 0 bridgehead atoms. The summed E-state index contributed by atoms with van der Waals surface area (Å²) in [6.45, 7) is 0.424. The smallest absolute Gasteiger partial charge is 0.416 e. The molecule has 1 heterocycles. The molecule has 1 unspecified atom stereocenters. The Hall–Kier alpha value is -0.810. The van der Waals surface area contributed by atoms with Gasteiger partial charge in [-0.1, -0.05) is 0 Å². The van der Waals surface area contributed by atoms with Gasteiger partial charge in [0, 0.05) is 0 Å². The van der Waals surface area contributed by atoms with Crippen molar-refractivity contribution in [1.82, 2.24) is 5.48 Å². The third-order valence-corrected chi connectivity index (χ3v) is 0.633. The summed E-state index contributed by atoms with van der Waals surface area (Å²) in [5.41, 5.74) is 1.30. The normalized spacial score (nSPS) is 24.4. The molecule has 1 atom stereocenters. The fourth-order valence-electron chi connectivity index (χ4n) is 0.253. The average molecular weight is 119 g/mol. The second kappa shape index (κ2) is 1.97. The highest BCUT2D eigenvalue weighted by Gasteiger charge is 2.26. The molecule has 8 heavy (non-hydrogen) atoms. The number of hydroxylamine groups is 1. The van der Waals surface area contributed by atoms with Crippen molar-refractivity contribution in [2.45, 2.75) is 6.29 Å². The molecule has 46 valence electrons. The van der Waals surface area contributed by atoms with Crippen LogP contribution in [0.2, 0.25) is 0 Å². The van der Waals surface area contributed by atoms with Gasteiger partial charge in [0.15, 0.2) is 0 Å². The zero-order valence-electron chi connectivity index (χ0n) is 3.96. The van der Waals surface area contributed by atoms with Gasteiger partial charge in [0.2, 0.25) is 6.29 Å². The number of carbonyl (C=O) groups excluding carboxylic acids is 1. The van der Waals surface area contributed by atoms with E-state index in [9.17, 15) is 4.79 Å². The molecular formula is C3H5NO4. The fraction of sp³-hybridized carbons (Fsp3) is 0.667. The first-order valence-corrected chi connectivity index (χ1v) is 2.05. The van der Waals surface area contributed by atoms with Gasteiger partial charge in [-0.2, -0.15) is 0 Å². The topological polar surface area (TPSA) is 71.1 Å². The summed E-state index contributed by atoms with van der Waals surface area (Å²) < 4.78 is 8.78. The Balaban J connectivity index is 2.07. The van der Waals surface area contributed by atoms with Crippen LogP contribution in [-0.4, -0.2) is 24.2 Å². The molecule has 1 aliphatic rings. The van der Waals surface area contributed by atoms with Crippen LogP contribution in [0.1, 0.15) is 0 Å². The van der Waals surface area contributed by atoms with E-state index in [2.05, 4.69) is 9.47 Å². The summed E-state index contributed by atoms with van der Waals surface area (Å²) in [5, 5.41) is 7.83. The standard InChI is InChI=1S/C3H5NO4/c5-3(4-6)8-2-1-7-2/h2,6H,1H2,(H,4,5). The summed E-state index contributed by atoms with van der Waals surface area (Å²) in [7, 11) is 0. The number of carbonyl (C=O) groups is 1. The number of rotatable bonds is 1. The highest BCUT2D eigenvalue weighted by molar-refractivity contribution is 5.65. The zero-order valence-corrected chi connectivity index (χ0v) is 3.96. The SMILES string of the molecule is O=C(NO)OC1CO1. The van der Waals surface area contributed by atoms with Gasteiger partial charge in [-0.25, -0.2) is 10.3 Å². The van der Waals surface area contributed by atoms with E-state index in [1.54, 1.807) is 0 Å². The Bertz CT molecular complexity index is 99.5. The third kappa shape index (κ3) is 1.36. The second-order valence-electron chi connectivity index (χ2n) is 1.28. The van der Waals surface area contributed by atoms with Crippen LogP contribution >= 0.6 is 0 Å². The summed E-state index contributed by atoms with van der Waals surface area (Å²) in [6, 6.07) is 0. The molecule has 0 aliphatic carbocycles. The van der Waals surface area contributed by atoms with Gasteiger partial charge in [-0.15, -0.1) is 0 Å². The van der Waals surface area contributed by atoms with Crippen molar-refractivity contribution < 1.29 is 19.5 Å². The minimum absolute atomic E-state index is 0.424. The van der Waals surface area contributed by atoms with Crippen molar-refractivity contribution in [1.29, 1.82) is 0 Å². The predicted octanol–water partition coefficient (Wildman–Crippen LogP) is -0.542. The van der Waals surface area contributed by atoms with Crippen molar-refractivity contribution in [2.75, 3.05) is 6.61 Å². The van der Waals surface area contributed by atoms with Gasteiger partial charge in [0.1, 0.15) is 6.61 Å². The Labute approximate surface area is 45.2 Å². The molecule has 0 aromatic rings. The highest BCUT2D eigenvalue weighted by Crippen LogP contribution is 2.09. The summed E-state index contributed by atoms with van der Waals surface area (Å²) in [6.07, 6.45) is -1.32. The molecule has 2 N–H and O–H groups in total. The lowest BCUT2D eigenvalue weighted by Crippen LogP contribution is -2.21.